The topological polar surface area (TPSA) is 68.7 Å². The second-order valence-corrected chi connectivity index (χ2v) is 5.78. The zero-order valence-corrected chi connectivity index (χ0v) is 14.8. The maximum Gasteiger partial charge on any atom is 0.207 e. The fraction of sp³-hybridized carbons (Fsp3) is 0.0909. The highest BCUT2D eigenvalue weighted by molar-refractivity contribution is 6.07. The largest absolute Gasteiger partial charge is 0.505 e. The molecule has 0 fully saturated rings. The Balaban J connectivity index is 1.65. The van der Waals surface area contributed by atoms with Gasteiger partial charge in [0.2, 0.25) is 5.78 Å². The van der Waals surface area contributed by atoms with Gasteiger partial charge in [0, 0.05) is 6.07 Å². The molecule has 136 valence electrons. The number of aromatic hydroxyl groups is 1. The molecule has 0 aliphatic rings. The van der Waals surface area contributed by atoms with Crippen LogP contribution < -0.4 is 9.47 Å². The summed E-state index contributed by atoms with van der Waals surface area (Å²) < 4.78 is 10.7. The lowest BCUT2D eigenvalue weighted by Crippen LogP contribution is -2.01. The minimum atomic E-state index is -0.391. The summed E-state index contributed by atoms with van der Waals surface area (Å²) in [7, 11) is 1.59. The van der Waals surface area contributed by atoms with Crippen molar-refractivity contribution in [3.05, 3.63) is 89.8 Å². The van der Waals surface area contributed by atoms with Crippen molar-refractivity contribution in [1.29, 1.82) is 0 Å². The molecule has 2 aromatic carbocycles. The van der Waals surface area contributed by atoms with E-state index in [0.29, 0.717) is 12.4 Å². The van der Waals surface area contributed by atoms with E-state index < -0.39 is 5.78 Å². The predicted molar refractivity (Wildman–Crippen MR) is 103 cm³/mol. The van der Waals surface area contributed by atoms with Crippen LogP contribution in [0.5, 0.6) is 17.2 Å². The molecule has 1 aromatic heterocycles. The van der Waals surface area contributed by atoms with E-state index in [9.17, 15) is 9.90 Å². The van der Waals surface area contributed by atoms with Crippen molar-refractivity contribution in [2.45, 2.75) is 6.61 Å². The van der Waals surface area contributed by atoms with Crippen LogP contribution in [0.2, 0.25) is 0 Å². The van der Waals surface area contributed by atoms with Crippen molar-refractivity contribution in [3.63, 3.8) is 0 Å². The minimum absolute atomic E-state index is 0.0215. The lowest BCUT2D eigenvalue weighted by molar-refractivity contribution is 0.104. The third kappa shape index (κ3) is 4.95. The van der Waals surface area contributed by atoms with Crippen LogP contribution in [0, 0.1) is 0 Å². The molecule has 0 aliphatic heterocycles. The van der Waals surface area contributed by atoms with Gasteiger partial charge in [-0.3, -0.25) is 4.79 Å². The fourth-order valence-electron chi connectivity index (χ4n) is 2.41. The van der Waals surface area contributed by atoms with Gasteiger partial charge in [0.05, 0.1) is 13.3 Å². The van der Waals surface area contributed by atoms with Crippen LogP contribution in [0.4, 0.5) is 0 Å². The quantitative estimate of drug-likeness (QED) is 0.503. The van der Waals surface area contributed by atoms with Gasteiger partial charge in [0.25, 0.3) is 0 Å². The molecule has 0 saturated carbocycles. The first-order valence-electron chi connectivity index (χ1n) is 8.38. The number of aromatic nitrogens is 1. The standard InChI is InChI=1S/C22H19NO4/c1-26-18-10-7-16(8-11-18)9-12-20(24)22-21(25)13-19(14-23-22)27-15-17-5-3-2-4-6-17/h2-14,25H,15H2,1H3. The third-order valence-corrected chi connectivity index (χ3v) is 3.87. The first kappa shape index (κ1) is 18.2. The molecule has 3 aromatic rings. The predicted octanol–water partition coefficient (Wildman–Crippen LogP) is 4.27. The van der Waals surface area contributed by atoms with Crippen LogP contribution in [0.3, 0.4) is 0 Å². The Morgan fingerprint density at radius 1 is 1.07 bits per heavy atom. The molecule has 1 heterocycles. The number of allylic oxidation sites excluding steroid dienone is 1. The molecule has 0 spiro atoms. The van der Waals surface area contributed by atoms with E-state index in [1.807, 2.05) is 42.5 Å². The van der Waals surface area contributed by atoms with Crippen LogP contribution in [-0.2, 0) is 6.61 Å². The van der Waals surface area contributed by atoms with Gasteiger partial charge in [-0.2, -0.15) is 0 Å². The third-order valence-electron chi connectivity index (χ3n) is 3.87. The van der Waals surface area contributed by atoms with E-state index in [1.165, 1.54) is 18.3 Å². The lowest BCUT2D eigenvalue weighted by atomic mass is 10.1. The van der Waals surface area contributed by atoms with Gasteiger partial charge in [0.15, 0.2) is 5.69 Å². The summed E-state index contributed by atoms with van der Waals surface area (Å²) in [5.74, 6) is 0.527. The molecule has 0 bridgehead atoms. The van der Waals surface area contributed by atoms with Crippen LogP contribution in [0.25, 0.3) is 6.08 Å². The zero-order chi connectivity index (χ0) is 19.1. The van der Waals surface area contributed by atoms with Gasteiger partial charge in [-0.05, 0) is 29.3 Å². The number of carbonyl (C=O) groups excluding carboxylic acids is 1. The molecule has 5 heteroatoms. The van der Waals surface area contributed by atoms with Gasteiger partial charge in [-0.15, -0.1) is 0 Å². The summed E-state index contributed by atoms with van der Waals surface area (Å²) in [5, 5.41) is 10.1. The molecular weight excluding hydrogens is 342 g/mol. The van der Waals surface area contributed by atoms with Crippen LogP contribution in [0.15, 0.2) is 72.9 Å². The molecule has 0 atom stereocenters. The Morgan fingerprint density at radius 2 is 1.81 bits per heavy atom. The average Bonchev–Trinajstić information content (AvgIpc) is 2.71. The number of benzene rings is 2. The number of ketones is 1. The first-order valence-corrected chi connectivity index (χ1v) is 8.38. The Morgan fingerprint density at radius 3 is 2.48 bits per heavy atom. The summed E-state index contributed by atoms with van der Waals surface area (Å²) in [5.41, 5.74) is 1.82. The molecular formula is C22H19NO4. The normalized spacial score (nSPS) is 10.7. The van der Waals surface area contributed by atoms with Gasteiger partial charge in [-0.25, -0.2) is 4.98 Å². The van der Waals surface area contributed by atoms with E-state index >= 15 is 0 Å². The molecule has 1 N–H and O–H groups in total. The maximum atomic E-state index is 12.3. The molecule has 3 rings (SSSR count). The monoisotopic (exact) mass is 361 g/mol. The molecule has 0 amide bonds. The number of nitrogens with zero attached hydrogens (tertiary/aromatic N) is 1. The van der Waals surface area contributed by atoms with Crippen LogP contribution in [-0.4, -0.2) is 23.0 Å². The van der Waals surface area contributed by atoms with Crippen LogP contribution >= 0.6 is 0 Å². The highest BCUT2D eigenvalue weighted by Crippen LogP contribution is 2.23. The number of ether oxygens (including phenoxy) is 2. The van der Waals surface area contributed by atoms with E-state index in [2.05, 4.69) is 4.98 Å². The van der Waals surface area contributed by atoms with Gasteiger partial charge >= 0.3 is 0 Å². The second-order valence-electron chi connectivity index (χ2n) is 5.78. The lowest BCUT2D eigenvalue weighted by Gasteiger charge is -2.07. The van der Waals surface area contributed by atoms with E-state index in [1.54, 1.807) is 25.3 Å². The van der Waals surface area contributed by atoms with Crippen molar-refractivity contribution >= 4 is 11.9 Å². The highest BCUT2D eigenvalue weighted by Gasteiger charge is 2.11. The van der Waals surface area contributed by atoms with Crippen molar-refractivity contribution in [2.24, 2.45) is 0 Å². The van der Waals surface area contributed by atoms with Crippen molar-refractivity contribution in [2.75, 3.05) is 7.11 Å². The minimum Gasteiger partial charge on any atom is -0.505 e. The zero-order valence-electron chi connectivity index (χ0n) is 14.8. The molecule has 0 aliphatic carbocycles. The van der Waals surface area contributed by atoms with Gasteiger partial charge < -0.3 is 14.6 Å². The Hall–Kier alpha value is -3.60. The Kier molecular flexibility index (Phi) is 5.84. The molecule has 27 heavy (non-hydrogen) atoms. The SMILES string of the molecule is COc1ccc(C=CC(=O)c2ncc(OCc3ccccc3)cc2O)cc1. The number of rotatable bonds is 7. The summed E-state index contributed by atoms with van der Waals surface area (Å²) in [6, 6.07) is 18.3. The number of methoxy groups -OCH3 is 1. The molecule has 5 nitrogen and oxygen atoms in total. The summed E-state index contributed by atoms with van der Waals surface area (Å²) in [6.07, 6.45) is 4.45. The average molecular weight is 361 g/mol. The Labute approximate surface area is 157 Å². The Bertz CT molecular complexity index is 934. The number of pyridine rings is 1. The van der Waals surface area contributed by atoms with Gasteiger partial charge in [0.1, 0.15) is 23.9 Å². The number of hydrogen-bond donors (Lipinski definition) is 1. The van der Waals surface area contributed by atoms with Crippen LogP contribution in [0.1, 0.15) is 21.6 Å². The second kappa shape index (κ2) is 8.67. The van der Waals surface area contributed by atoms with Crippen molar-refractivity contribution < 1.29 is 19.4 Å². The molecule has 0 unspecified atom stereocenters. The number of carbonyl (C=O) groups is 1. The fourth-order valence-corrected chi connectivity index (χ4v) is 2.41. The van der Waals surface area contributed by atoms with Crippen molar-refractivity contribution in [3.8, 4) is 17.2 Å². The highest BCUT2D eigenvalue weighted by atomic mass is 16.5. The summed E-state index contributed by atoms with van der Waals surface area (Å²) >= 11 is 0. The molecule has 0 radical (unpaired) electrons. The van der Waals surface area contributed by atoms with E-state index in [0.717, 1.165) is 16.9 Å². The summed E-state index contributed by atoms with van der Waals surface area (Å²) in [6.45, 7) is 0.354. The number of hydrogen-bond acceptors (Lipinski definition) is 5. The van der Waals surface area contributed by atoms with Gasteiger partial charge in [-0.1, -0.05) is 48.5 Å². The van der Waals surface area contributed by atoms with E-state index in [4.69, 9.17) is 9.47 Å². The van der Waals surface area contributed by atoms with E-state index in [-0.39, 0.29) is 11.4 Å². The smallest absolute Gasteiger partial charge is 0.207 e. The first-order chi connectivity index (χ1) is 13.2. The maximum absolute atomic E-state index is 12.3. The molecule has 0 saturated heterocycles. The summed E-state index contributed by atoms with van der Waals surface area (Å²) in [4.78, 5) is 16.3. The van der Waals surface area contributed by atoms with Crippen molar-refractivity contribution in [1.82, 2.24) is 4.98 Å².